The van der Waals surface area contributed by atoms with Crippen molar-refractivity contribution in [3.8, 4) is 0 Å². The quantitative estimate of drug-likeness (QED) is 0.787. The van der Waals surface area contributed by atoms with Gasteiger partial charge in [0.15, 0.2) is 0 Å². The van der Waals surface area contributed by atoms with Gasteiger partial charge < -0.3 is 5.32 Å². The highest BCUT2D eigenvalue weighted by atomic mass is 79.9. The number of halogens is 2. The summed E-state index contributed by atoms with van der Waals surface area (Å²) >= 11 is 9.77. The first-order chi connectivity index (χ1) is 8.10. The average Bonchev–Trinajstić information content (AvgIpc) is 2.73. The molecule has 0 spiro atoms. The second-order valence-electron chi connectivity index (χ2n) is 5.01. The lowest BCUT2D eigenvalue weighted by Crippen LogP contribution is -2.15. The fraction of sp³-hybridized carbons (Fsp3) is 0.571. The molecule has 0 amide bonds. The highest BCUT2D eigenvalue weighted by molar-refractivity contribution is 9.10. The molecule has 17 heavy (non-hydrogen) atoms. The van der Waals surface area contributed by atoms with Crippen molar-refractivity contribution < 1.29 is 0 Å². The smallest absolute Gasteiger partial charge is 0.0501 e. The predicted octanol–water partition coefficient (Wildman–Crippen LogP) is 5.40. The van der Waals surface area contributed by atoms with Gasteiger partial charge in [-0.05, 0) is 65.7 Å². The molecule has 1 aliphatic carbocycles. The molecule has 0 heterocycles. The van der Waals surface area contributed by atoms with Gasteiger partial charge in [-0.15, -0.1) is 0 Å². The van der Waals surface area contributed by atoms with E-state index < -0.39 is 0 Å². The van der Waals surface area contributed by atoms with Crippen molar-refractivity contribution in [3.63, 3.8) is 0 Å². The van der Waals surface area contributed by atoms with Crippen LogP contribution in [0.4, 0.5) is 5.69 Å². The van der Waals surface area contributed by atoms with Crippen LogP contribution in [0.15, 0.2) is 16.6 Å². The van der Waals surface area contributed by atoms with Crippen LogP contribution >= 0.6 is 27.5 Å². The minimum Gasteiger partial charge on any atom is -0.381 e. The molecule has 2 unspecified atom stereocenters. The summed E-state index contributed by atoms with van der Waals surface area (Å²) in [5.74, 6) is 0.896. The van der Waals surface area contributed by atoms with Crippen molar-refractivity contribution in [2.75, 3.05) is 5.32 Å². The first kappa shape index (κ1) is 13.2. The van der Waals surface area contributed by atoms with Gasteiger partial charge in [0.25, 0.3) is 0 Å². The van der Waals surface area contributed by atoms with Crippen molar-refractivity contribution in [2.24, 2.45) is 5.92 Å². The molecule has 1 fully saturated rings. The van der Waals surface area contributed by atoms with E-state index >= 15 is 0 Å². The number of aryl methyl sites for hydroxylation is 1. The molecule has 2 atom stereocenters. The fourth-order valence-corrected chi connectivity index (χ4v) is 3.29. The third-order valence-corrected chi connectivity index (χ3v) is 4.79. The van der Waals surface area contributed by atoms with E-state index in [1.807, 2.05) is 13.0 Å². The Kier molecular flexibility index (Phi) is 4.37. The van der Waals surface area contributed by atoms with Crippen LogP contribution in [0, 0.1) is 12.8 Å². The molecule has 0 bridgehead atoms. The Balaban J connectivity index is 2.06. The molecule has 1 nitrogen and oxygen atoms in total. The van der Waals surface area contributed by atoms with Gasteiger partial charge in [0.1, 0.15) is 0 Å². The van der Waals surface area contributed by atoms with Gasteiger partial charge in [-0.25, -0.2) is 0 Å². The SMILES string of the molecule is CCC1CCC(Nc2cc(Cl)c(C)cc2Br)C1. The van der Waals surface area contributed by atoms with Crippen molar-refractivity contribution >= 4 is 33.2 Å². The largest absolute Gasteiger partial charge is 0.381 e. The average molecular weight is 317 g/mol. The Morgan fingerprint density at radius 2 is 2.18 bits per heavy atom. The summed E-state index contributed by atoms with van der Waals surface area (Å²) in [5.41, 5.74) is 2.24. The summed E-state index contributed by atoms with van der Waals surface area (Å²) in [4.78, 5) is 0. The molecule has 0 saturated heterocycles. The second-order valence-corrected chi connectivity index (χ2v) is 6.27. The summed E-state index contributed by atoms with van der Waals surface area (Å²) < 4.78 is 1.11. The molecule has 94 valence electrons. The van der Waals surface area contributed by atoms with Gasteiger partial charge in [0, 0.05) is 15.5 Å². The summed E-state index contributed by atoms with van der Waals surface area (Å²) in [7, 11) is 0. The standard InChI is InChI=1S/C14H19BrClN/c1-3-10-4-5-11(7-10)17-14-8-13(16)9(2)6-12(14)15/h6,8,10-11,17H,3-5,7H2,1-2H3. The van der Waals surface area contributed by atoms with E-state index in [0.717, 1.165) is 26.7 Å². The summed E-state index contributed by atoms with van der Waals surface area (Å²) in [6, 6.07) is 4.71. The van der Waals surface area contributed by atoms with Crippen LogP contribution in [-0.2, 0) is 0 Å². The third-order valence-electron chi connectivity index (χ3n) is 3.73. The van der Waals surface area contributed by atoms with Crippen LogP contribution in [0.1, 0.15) is 38.2 Å². The Hall–Kier alpha value is -0.210. The number of rotatable bonds is 3. The van der Waals surface area contributed by atoms with Crippen LogP contribution in [0.5, 0.6) is 0 Å². The van der Waals surface area contributed by atoms with E-state index in [0.29, 0.717) is 6.04 Å². The first-order valence-corrected chi connectivity index (χ1v) is 7.49. The molecule has 1 aliphatic rings. The van der Waals surface area contributed by atoms with E-state index in [-0.39, 0.29) is 0 Å². The van der Waals surface area contributed by atoms with Crippen LogP contribution in [-0.4, -0.2) is 6.04 Å². The van der Waals surface area contributed by atoms with Crippen molar-refractivity contribution in [1.82, 2.24) is 0 Å². The molecule has 1 aromatic carbocycles. The van der Waals surface area contributed by atoms with E-state index in [1.165, 1.54) is 25.7 Å². The Morgan fingerprint density at radius 3 is 2.82 bits per heavy atom. The number of hydrogen-bond donors (Lipinski definition) is 1. The fourth-order valence-electron chi connectivity index (χ4n) is 2.55. The summed E-state index contributed by atoms with van der Waals surface area (Å²) in [5, 5.41) is 4.44. The van der Waals surface area contributed by atoms with Crippen LogP contribution in [0.3, 0.4) is 0 Å². The maximum atomic E-state index is 6.17. The number of benzene rings is 1. The van der Waals surface area contributed by atoms with Gasteiger partial charge in [-0.2, -0.15) is 0 Å². The third kappa shape index (κ3) is 3.17. The van der Waals surface area contributed by atoms with Crippen molar-refractivity contribution in [2.45, 2.75) is 45.6 Å². The van der Waals surface area contributed by atoms with Gasteiger partial charge in [-0.1, -0.05) is 24.9 Å². The van der Waals surface area contributed by atoms with Gasteiger partial charge in [-0.3, -0.25) is 0 Å². The summed E-state index contributed by atoms with van der Waals surface area (Å²) in [6.45, 7) is 4.31. The first-order valence-electron chi connectivity index (χ1n) is 6.32. The molecule has 1 aromatic rings. The topological polar surface area (TPSA) is 12.0 Å². The van der Waals surface area contributed by atoms with Crippen molar-refractivity contribution in [3.05, 3.63) is 27.2 Å². The van der Waals surface area contributed by atoms with Gasteiger partial charge in [0.05, 0.1) is 5.69 Å². The highest BCUT2D eigenvalue weighted by Gasteiger charge is 2.23. The monoisotopic (exact) mass is 315 g/mol. The second kappa shape index (κ2) is 5.62. The molecular formula is C14H19BrClN. The van der Waals surface area contributed by atoms with Crippen LogP contribution in [0.2, 0.25) is 5.02 Å². The maximum Gasteiger partial charge on any atom is 0.0501 e. The molecular weight excluding hydrogens is 298 g/mol. The van der Waals surface area contributed by atoms with E-state index in [9.17, 15) is 0 Å². The van der Waals surface area contributed by atoms with Crippen molar-refractivity contribution in [1.29, 1.82) is 0 Å². The molecule has 1 saturated carbocycles. The zero-order chi connectivity index (χ0) is 12.4. The molecule has 0 aromatic heterocycles. The Bertz CT molecular complexity index is 405. The number of anilines is 1. The number of hydrogen-bond acceptors (Lipinski definition) is 1. The lowest BCUT2D eigenvalue weighted by molar-refractivity contribution is 0.525. The highest BCUT2D eigenvalue weighted by Crippen LogP contribution is 2.34. The molecule has 1 N–H and O–H groups in total. The summed E-state index contributed by atoms with van der Waals surface area (Å²) in [6.07, 6.45) is 5.21. The molecule has 0 aliphatic heterocycles. The molecule has 2 rings (SSSR count). The number of nitrogens with one attached hydrogen (secondary N) is 1. The normalized spacial score (nSPS) is 24.0. The predicted molar refractivity (Wildman–Crippen MR) is 78.9 cm³/mol. The lowest BCUT2D eigenvalue weighted by atomic mass is 10.1. The lowest BCUT2D eigenvalue weighted by Gasteiger charge is -2.16. The van der Waals surface area contributed by atoms with Gasteiger partial charge >= 0.3 is 0 Å². The zero-order valence-corrected chi connectivity index (χ0v) is 12.7. The van der Waals surface area contributed by atoms with E-state index in [4.69, 9.17) is 11.6 Å². The van der Waals surface area contributed by atoms with E-state index in [1.54, 1.807) is 0 Å². The maximum absolute atomic E-state index is 6.17. The molecule has 0 radical (unpaired) electrons. The van der Waals surface area contributed by atoms with Crippen LogP contribution in [0.25, 0.3) is 0 Å². The Morgan fingerprint density at radius 1 is 1.41 bits per heavy atom. The minimum atomic E-state index is 0.607. The zero-order valence-electron chi connectivity index (χ0n) is 10.4. The Labute approximate surface area is 117 Å². The van der Waals surface area contributed by atoms with Gasteiger partial charge in [0.2, 0.25) is 0 Å². The van der Waals surface area contributed by atoms with Crippen LogP contribution < -0.4 is 5.32 Å². The molecule has 3 heteroatoms. The minimum absolute atomic E-state index is 0.607. The van der Waals surface area contributed by atoms with E-state index in [2.05, 4.69) is 34.2 Å².